The highest BCUT2D eigenvalue weighted by Gasteiger charge is 2.23. The normalized spacial score (nSPS) is 17.8. The minimum Gasteiger partial charge on any atom is -0.490 e. The summed E-state index contributed by atoms with van der Waals surface area (Å²) in [6.45, 7) is 2.24. The van der Waals surface area contributed by atoms with Crippen LogP contribution in [0.4, 0.5) is 4.39 Å². The first-order valence-corrected chi connectivity index (χ1v) is 13.2. The van der Waals surface area contributed by atoms with Gasteiger partial charge in [0.05, 0.1) is 18.8 Å². The lowest BCUT2D eigenvalue weighted by Gasteiger charge is -2.29. The number of halogens is 2. The Bertz CT molecular complexity index is 1140. The maximum Gasteiger partial charge on any atom is 0.129 e. The van der Waals surface area contributed by atoms with Crippen LogP contribution in [0.25, 0.3) is 11.1 Å². The first kappa shape index (κ1) is 25.6. The third-order valence-electron chi connectivity index (χ3n) is 6.49. The fraction of sp³-hybridized carbons (Fsp3) is 0.367. The molecule has 0 aromatic heterocycles. The van der Waals surface area contributed by atoms with Crippen LogP contribution < -0.4 is 4.74 Å². The second-order valence-corrected chi connectivity index (χ2v) is 10.3. The van der Waals surface area contributed by atoms with Gasteiger partial charge in [0, 0.05) is 10.9 Å². The number of hydrogen-bond acceptors (Lipinski definition) is 3. The van der Waals surface area contributed by atoms with Crippen LogP contribution in [0.15, 0.2) is 71.2 Å². The maximum atomic E-state index is 14.0. The SMILES string of the molecule is CC(=O)CCCc1ccc(OC2CCC(OCc3cccc(Br)c3)CC2)cc1-c1cccc(F)c1. The van der Waals surface area contributed by atoms with E-state index in [0.717, 1.165) is 65.4 Å². The van der Waals surface area contributed by atoms with Crippen molar-refractivity contribution in [3.63, 3.8) is 0 Å². The number of ether oxygens (including phenoxy) is 2. The number of benzene rings is 3. The molecule has 4 rings (SSSR count). The van der Waals surface area contributed by atoms with E-state index >= 15 is 0 Å². The molecule has 35 heavy (non-hydrogen) atoms. The summed E-state index contributed by atoms with van der Waals surface area (Å²) < 4.78 is 27.5. The number of ketones is 1. The smallest absolute Gasteiger partial charge is 0.129 e. The summed E-state index contributed by atoms with van der Waals surface area (Å²) in [7, 11) is 0. The Labute approximate surface area is 215 Å². The zero-order valence-electron chi connectivity index (χ0n) is 20.1. The predicted octanol–water partition coefficient (Wildman–Crippen LogP) is 8.07. The van der Waals surface area contributed by atoms with Crippen molar-refractivity contribution >= 4 is 21.7 Å². The van der Waals surface area contributed by atoms with E-state index in [4.69, 9.17) is 9.47 Å². The lowest BCUT2D eigenvalue weighted by atomic mass is 9.94. The summed E-state index contributed by atoms with van der Waals surface area (Å²) in [5, 5.41) is 0. The number of hydrogen-bond donors (Lipinski definition) is 0. The second-order valence-electron chi connectivity index (χ2n) is 9.34. The fourth-order valence-corrected chi connectivity index (χ4v) is 5.10. The fourth-order valence-electron chi connectivity index (χ4n) is 4.65. The molecule has 1 saturated carbocycles. The summed E-state index contributed by atoms with van der Waals surface area (Å²) in [4.78, 5) is 11.4. The van der Waals surface area contributed by atoms with E-state index in [-0.39, 0.29) is 23.8 Å². The highest BCUT2D eigenvalue weighted by atomic mass is 79.9. The molecular weight excluding hydrogens is 507 g/mol. The summed E-state index contributed by atoms with van der Waals surface area (Å²) >= 11 is 3.51. The van der Waals surface area contributed by atoms with E-state index in [1.54, 1.807) is 19.1 Å². The molecule has 0 saturated heterocycles. The highest BCUT2D eigenvalue weighted by molar-refractivity contribution is 9.10. The van der Waals surface area contributed by atoms with E-state index in [0.29, 0.717) is 13.0 Å². The average Bonchev–Trinajstić information content (AvgIpc) is 2.84. The summed E-state index contributed by atoms with van der Waals surface area (Å²) in [5.74, 6) is 0.733. The molecule has 5 heteroatoms. The quantitative estimate of drug-likeness (QED) is 0.261. The average molecular weight is 539 g/mol. The summed E-state index contributed by atoms with van der Waals surface area (Å²) in [6, 6.07) is 21.0. The molecule has 1 fully saturated rings. The van der Waals surface area contributed by atoms with Gasteiger partial charge in [-0.25, -0.2) is 4.39 Å². The Morgan fingerprint density at radius 3 is 2.49 bits per heavy atom. The van der Waals surface area contributed by atoms with Crippen LogP contribution in [-0.2, 0) is 22.6 Å². The van der Waals surface area contributed by atoms with Gasteiger partial charge in [0.1, 0.15) is 17.3 Å². The zero-order chi connectivity index (χ0) is 24.6. The van der Waals surface area contributed by atoms with Crippen LogP contribution in [0.5, 0.6) is 5.75 Å². The Balaban J connectivity index is 1.37. The van der Waals surface area contributed by atoms with Gasteiger partial charge in [0.15, 0.2) is 0 Å². The molecule has 0 unspecified atom stereocenters. The van der Waals surface area contributed by atoms with Crippen LogP contribution in [0.1, 0.15) is 56.6 Å². The molecule has 0 amide bonds. The zero-order valence-corrected chi connectivity index (χ0v) is 21.7. The van der Waals surface area contributed by atoms with Gasteiger partial charge in [-0.1, -0.05) is 46.3 Å². The van der Waals surface area contributed by atoms with E-state index < -0.39 is 0 Å². The number of rotatable bonds is 10. The Morgan fingerprint density at radius 2 is 1.74 bits per heavy atom. The van der Waals surface area contributed by atoms with Gasteiger partial charge >= 0.3 is 0 Å². The first-order chi connectivity index (χ1) is 17.0. The van der Waals surface area contributed by atoms with Crippen molar-refractivity contribution in [1.82, 2.24) is 0 Å². The van der Waals surface area contributed by atoms with Crippen LogP contribution in [-0.4, -0.2) is 18.0 Å². The van der Waals surface area contributed by atoms with Gasteiger partial charge in [-0.15, -0.1) is 0 Å². The Kier molecular flexibility index (Phi) is 9.11. The Hall–Kier alpha value is -2.50. The van der Waals surface area contributed by atoms with E-state index in [9.17, 15) is 9.18 Å². The minimum atomic E-state index is -0.260. The van der Waals surface area contributed by atoms with Gasteiger partial charge in [-0.3, -0.25) is 0 Å². The van der Waals surface area contributed by atoms with Gasteiger partial charge in [-0.05, 0) is 104 Å². The largest absolute Gasteiger partial charge is 0.490 e. The lowest BCUT2D eigenvalue weighted by molar-refractivity contribution is -0.117. The maximum absolute atomic E-state index is 14.0. The van der Waals surface area contributed by atoms with E-state index in [2.05, 4.69) is 34.1 Å². The number of aryl methyl sites for hydroxylation is 1. The van der Waals surface area contributed by atoms with Crippen molar-refractivity contribution in [3.05, 3.63) is 88.1 Å². The molecule has 0 spiro atoms. The van der Waals surface area contributed by atoms with Crippen LogP contribution in [0, 0.1) is 5.82 Å². The number of Topliss-reactive ketones (excluding diaryl/α,β-unsaturated/α-hetero) is 1. The van der Waals surface area contributed by atoms with Crippen molar-refractivity contribution in [3.8, 4) is 16.9 Å². The van der Waals surface area contributed by atoms with Crippen LogP contribution >= 0.6 is 15.9 Å². The minimum absolute atomic E-state index is 0.143. The third kappa shape index (κ3) is 7.74. The van der Waals surface area contributed by atoms with Gasteiger partial charge in [-0.2, -0.15) is 0 Å². The molecule has 0 N–H and O–H groups in total. The molecule has 0 aliphatic heterocycles. The van der Waals surface area contributed by atoms with Crippen molar-refractivity contribution < 1.29 is 18.7 Å². The molecular formula is C30H32BrFO3. The summed E-state index contributed by atoms with van der Waals surface area (Å²) in [5.41, 5.74) is 4.08. The molecule has 184 valence electrons. The number of carbonyl (C=O) groups is 1. The topological polar surface area (TPSA) is 35.5 Å². The molecule has 0 bridgehead atoms. The molecule has 0 heterocycles. The van der Waals surface area contributed by atoms with Gasteiger partial charge in [0.2, 0.25) is 0 Å². The van der Waals surface area contributed by atoms with Crippen LogP contribution in [0.3, 0.4) is 0 Å². The lowest BCUT2D eigenvalue weighted by Crippen LogP contribution is -2.28. The molecule has 0 radical (unpaired) electrons. The number of carbonyl (C=O) groups excluding carboxylic acids is 1. The second kappa shape index (κ2) is 12.5. The van der Waals surface area contributed by atoms with E-state index in [1.165, 1.54) is 11.6 Å². The molecule has 1 aliphatic rings. The molecule has 0 atom stereocenters. The van der Waals surface area contributed by atoms with Crippen LogP contribution in [0.2, 0.25) is 0 Å². The van der Waals surface area contributed by atoms with E-state index in [1.807, 2.05) is 30.3 Å². The first-order valence-electron chi connectivity index (χ1n) is 12.4. The molecule has 1 aliphatic carbocycles. The molecule has 3 nitrogen and oxygen atoms in total. The molecule has 3 aromatic rings. The predicted molar refractivity (Wildman–Crippen MR) is 141 cm³/mol. The monoisotopic (exact) mass is 538 g/mol. The van der Waals surface area contributed by atoms with Crippen molar-refractivity contribution in [1.29, 1.82) is 0 Å². The third-order valence-corrected chi connectivity index (χ3v) is 6.98. The standard InChI is InChI=1S/C30H32BrFO3/c1-21(33)5-2-7-23-11-12-29(19-30(23)24-8-4-10-26(32)18-24)35-28-15-13-27(14-16-28)34-20-22-6-3-9-25(31)17-22/h3-4,6,8-12,17-19,27-28H,2,5,7,13-16,20H2,1H3. The summed E-state index contributed by atoms with van der Waals surface area (Å²) in [6.07, 6.45) is 6.32. The highest BCUT2D eigenvalue weighted by Crippen LogP contribution is 2.32. The Morgan fingerprint density at radius 1 is 0.971 bits per heavy atom. The van der Waals surface area contributed by atoms with Crippen molar-refractivity contribution in [2.24, 2.45) is 0 Å². The van der Waals surface area contributed by atoms with Crippen molar-refractivity contribution in [2.45, 2.75) is 70.7 Å². The van der Waals surface area contributed by atoms with Gasteiger partial charge < -0.3 is 14.3 Å². The van der Waals surface area contributed by atoms with Crippen molar-refractivity contribution in [2.75, 3.05) is 0 Å². The molecule has 3 aromatic carbocycles. The van der Waals surface area contributed by atoms with Gasteiger partial charge in [0.25, 0.3) is 0 Å².